The molecule has 5 heteroatoms. The summed E-state index contributed by atoms with van der Waals surface area (Å²) in [6.45, 7) is 3.66. The summed E-state index contributed by atoms with van der Waals surface area (Å²) in [5.74, 6) is -0.00190. The Morgan fingerprint density at radius 1 is 1.65 bits per heavy atom. The predicted octanol–water partition coefficient (Wildman–Crippen LogP) is 1.46. The van der Waals surface area contributed by atoms with Gasteiger partial charge >= 0.3 is 0 Å². The zero-order chi connectivity index (χ0) is 12.7. The van der Waals surface area contributed by atoms with E-state index in [1.54, 1.807) is 23.3 Å². The predicted molar refractivity (Wildman–Crippen MR) is 69.9 cm³/mol. The molecular weight excluding hydrogens is 236 g/mol. The number of rotatable bonds is 7. The highest BCUT2D eigenvalue weighted by Gasteiger charge is 2.19. The SMILES string of the molecule is CCC(N)C(=O)N(CCOC)Cc1cccs1. The molecule has 1 unspecified atom stereocenters. The second-order valence-electron chi connectivity index (χ2n) is 3.85. The summed E-state index contributed by atoms with van der Waals surface area (Å²) in [4.78, 5) is 15.0. The fourth-order valence-corrected chi connectivity index (χ4v) is 2.19. The van der Waals surface area contributed by atoms with Gasteiger partial charge in [-0.05, 0) is 17.9 Å². The first-order valence-electron chi connectivity index (χ1n) is 5.74. The van der Waals surface area contributed by atoms with E-state index in [0.717, 1.165) is 4.88 Å². The Morgan fingerprint density at radius 3 is 2.94 bits per heavy atom. The van der Waals surface area contributed by atoms with Gasteiger partial charge in [-0.1, -0.05) is 13.0 Å². The summed E-state index contributed by atoms with van der Waals surface area (Å²) in [7, 11) is 1.63. The topological polar surface area (TPSA) is 55.6 Å². The van der Waals surface area contributed by atoms with E-state index in [-0.39, 0.29) is 5.91 Å². The smallest absolute Gasteiger partial charge is 0.239 e. The lowest BCUT2D eigenvalue weighted by Crippen LogP contribution is -2.44. The van der Waals surface area contributed by atoms with Crippen molar-refractivity contribution in [1.82, 2.24) is 4.90 Å². The molecule has 0 bridgehead atoms. The molecule has 17 heavy (non-hydrogen) atoms. The van der Waals surface area contributed by atoms with Gasteiger partial charge in [-0.15, -0.1) is 11.3 Å². The summed E-state index contributed by atoms with van der Waals surface area (Å²) >= 11 is 1.65. The Balaban J connectivity index is 2.62. The second kappa shape index (κ2) is 7.42. The highest BCUT2D eigenvalue weighted by Crippen LogP contribution is 2.12. The third kappa shape index (κ3) is 4.46. The summed E-state index contributed by atoms with van der Waals surface area (Å²) in [6.07, 6.45) is 0.659. The van der Waals surface area contributed by atoms with Gasteiger partial charge in [0.2, 0.25) is 5.91 Å². The van der Waals surface area contributed by atoms with E-state index >= 15 is 0 Å². The second-order valence-corrected chi connectivity index (χ2v) is 4.88. The average Bonchev–Trinajstić information content (AvgIpc) is 2.85. The van der Waals surface area contributed by atoms with Gasteiger partial charge in [0.1, 0.15) is 0 Å². The number of nitrogens with two attached hydrogens (primary N) is 1. The quantitative estimate of drug-likeness (QED) is 0.803. The Hall–Kier alpha value is -0.910. The van der Waals surface area contributed by atoms with Crippen LogP contribution in [0.3, 0.4) is 0 Å². The van der Waals surface area contributed by atoms with Crippen molar-refractivity contribution in [3.63, 3.8) is 0 Å². The van der Waals surface area contributed by atoms with Gasteiger partial charge in [-0.3, -0.25) is 4.79 Å². The molecule has 0 spiro atoms. The van der Waals surface area contributed by atoms with E-state index in [0.29, 0.717) is 26.1 Å². The molecule has 1 atom stereocenters. The van der Waals surface area contributed by atoms with Crippen LogP contribution in [-0.4, -0.2) is 37.1 Å². The van der Waals surface area contributed by atoms with E-state index in [2.05, 4.69) is 0 Å². The fourth-order valence-electron chi connectivity index (χ4n) is 1.47. The van der Waals surface area contributed by atoms with Crippen LogP contribution in [0.15, 0.2) is 17.5 Å². The summed E-state index contributed by atoms with van der Waals surface area (Å²) in [5, 5.41) is 2.01. The number of thiophene rings is 1. The van der Waals surface area contributed by atoms with Gasteiger partial charge in [0.25, 0.3) is 0 Å². The number of amides is 1. The van der Waals surface area contributed by atoms with Gasteiger partial charge in [-0.25, -0.2) is 0 Å². The van der Waals surface area contributed by atoms with Crippen LogP contribution in [-0.2, 0) is 16.1 Å². The molecule has 4 nitrogen and oxygen atoms in total. The first-order valence-corrected chi connectivity index (χ1v) is 6.62. The molecule has 0 aliphatic rings. The molecule has 0 aliphatic carbocycles. The largest absolute Gasteiger partial charge is 0.383 e. The molecule has 0 aliphatic heterocycles. The summed E-state index contributed by atoms with van der Waals surface area (Å²) in [5.41, 5.74) is 5.79. The fraction of sp³-hybridized carbons (Fsp3) is 0.583. The lowest BCUT2D eigenvalue weighted by atomic mass is 10.2. The molecule has 2 N–H and O–H groups in total. The Bertz CT molecular complexity index is 327. The molecule has 1 rings (SSSR count). The number of hydrogen-bond acceptors (Lipinski definition) is 4. The monoisotopic (exact) mass is 256 g/mol. The van der Waals surface area contributed by atoms with Gasteiger partial charge < -0.3 is 15.4 Å². The summed E-state index contributed by atoms with van der Waals surface area (Å²) in [6, 6.07) is 3.60. The van der Waals surface area contributed by atoms with Crippen LogP contribution in [0, 0.1) is 0 Å². The molecule has 0 radical (unpaired) electrons. The highest BCUT2D eigenvalue weighted by molar-refractivity contribution is 7.09. The molecule has 1 aromatic heterocycles. The van der Waals surface area contributed by atoms with Crippen LogP contribution >= 0.6 is 11.3 Å². The lowest BCUT2D eigenvalue weighted by molar-refractivity contribution is -0.133. The highest BCUT2D eigenvalue weighted by atomic mass is 32.1. The maximum Gasteiger partial charge on any atom is 0.239 e. The Kier molecular flexibility index (Phi) is 6.18. The molecule has 0 saturated carbocycles. The van der Waals surface area contributed by atoms with Crippen molar-refractivity contribution in [2.45, 2.75) is 25.9 Å². The number of hydrogen-bond donors (Lipinski definition) is 1. The van der Waals surface area contributed by atoms with Crippen LogP contribution in [0.5, 0.6) is 0 Å². The minimum Gasteiger partial charge on any atom is -0.383 e. The molecule has 0 saturated heterocycles. The molecule has 1 amide bonds. The third-order valence-electron chi connectivity index (χ3n) is 2.56. The minimum atomic E-state index is -0.410. The number of carbonyl (C=O) groups excluding carboxylic acids is 1. The third-order valence-corrected chi connectivity index (χ3v) is 3.42. The molecule has 0 aromatic carbocycles. The van der Waals surface area contributed by atoms with Crippen molar-refractivity contribution in [3.05, 3.63) is 22.4 Å². The van der Waals surface area contributed by atoms with Gasteiger partial charge in [0.15, 0.2) is 0 Å². The molecule has 96 valence electrons. The van der Waals surface area contributed by atoms with Crippen molar-refractivity contribution in [2.75, 3.05) is 20.3 Å². The summed E-state index contributed by atoms with van der Waals surface area (Å²) < 4.78 is 5.02. The van der Waals surface area contributed by atoms with Crippen LogP contribution in [0.4, 0.5) is 0 Å². The van der Waals surface area contributed by atoms with E-state index in [4.69, 9.17) is 10.5 Å². The zero-order valence-electron chi connectivity index (χ0n) is 10.4. The van der Waals surface area contributed by atoms with Crippen molar-refractivity contribution in [2.24, 2.45) is 5.73 Å². The van der Waals surface area contributed by atoms with E-state index in [1.165, 1.54) is 0 Å². The molecule has 1 heterocycles. The molecular formula is C12H20N2O2S. The number of methoxy groups -OCH3 is 1. The van der Waals surface area contributed by atoms with E-state index < -0.39 is 6.04 Å². The van der Waals surface area contributed by atoms with Crippen molar-refractivity contribution >= 4 is 17.2 Å². The maximum atomic E-state index is 12.1. The van der Waals surface area contributed by atoms with Crippen LogP contribution < -0.4 is 5.73 Å². The Morgan fingerprint density at radius 2 is 2.41 bits per heavy atom. The number of nitrogens with zero attached hydrogens (tertiary/aromatic N) is 1. The van der Waals surface area contributed by atoms with Crippen molar-refractivity contribution < 1.29 is 9.53 Å². The normalized spacial score (nSPS) is 12.4. The lowest BCUT2D eigenvalue weighted by Gasteiger charge is -2.24. The molecule has 0 fully saturated rings. The van der Waals surface area contributed by atoms with Gasteiger partial charge in [0.05, 0.1) is 19.2 Å². The molecule has 1 aromatic rings. The minimum absolute atomic E-state index is 0.00190. The van der Waals surface area contributed by atoms with E-state index in [9.17, 15) is 4.79 Å². The number of carbonyl (C=O) groups is 1. The maximum absolute atomic E-state index is 12.1. The van der Waals surface area contributed by atoms with Crippen LogP contribution in [0.2, 0.25) is 0 Å². The standard InChI is InChI=1S/C12H20N2O2S/c1-3-11(13)12(15)14(6-7-16-2)9-10-5-4-8-17-10/h4-5,8,11H,3,6-7,9,13H2,1-2H3. The van der Waals surface area contributed by atoms with Gasteiger partial charge in [-0.2, -0.15) is 0 Å². The van der Waals surface area contributed by atoms with Crippen LogP contribution in [0.25, 0.3) is 0 Å². The first-order chi connectivity index (χ1) is 8.19. The zero-order valence-corrected chi connectivity index (χ0v) is 11.2. The van der Waals surface area contributed by atoms with E-state index in [1.807, 2.05) is 24.4 Å². The number of ether oxygens (including phenoxy) is 1. The average molecular weight is 256 g/mol. The van der Waals surface area contributed by atoms with Gasteiger partial charge in [0, 0.05) is 18.5 Å². The van der Waals surface area contributed by atoms with Crippen LogP contribution in [0.1, 0.15) is 18.2 Å². The van der Waals surface area contributed by atoms with Crippen molar-refractivity contribution in [1.29, 1.82) is 0 Å². The first kappa shape index (κ1) is 14.2. The Labute approximate surface area is 106 Å². The van der Waals surface area contributed by atoms with Crippen molar-refractivity contribution in [3.8, 4) is 0 Å².